The van der Waals surface area contributed by atoms with E-state index in [1.54, 1.807) is 35.6 Å². The van der Waals surface area contributed by atoms with Crippen molar-refractivity contribution in [2.24, 2.45) is 0 Å². The van der Waals surface area contributed by atoms with E-state index < -0.39 is 12.0 Å². The molecule has 1 unspecified atom stereocenters. The molecule has 2 heterocycles. The number of rotatable bonds is 6. The van der Waals surface area contributed by atoms with Crippen molar-refractivity contribution in [1.82, 2.24) is 9.55 Å². The maximum atomic E-state index is 13.7. The molecule has 7 heteroatoms. The van der Waals surface area contributed by atoms with E-state index in [-0.39, 0.29) is 23.7 Å². The van der Waals surface area contributed by atoms with Gasteiger partial charge >= 0.3 is 5.97 Å². The summed E-state index contributed by atoms with van der Waals surface area (Å²) in [5, 5.41) is 0.604. The number of aromatic nitrogens is 2. The molecule has 0 aliphatic heterocycles. The minimum absolute atomic E-state index is 0.0947. The number of hydrogen-bond acceptors (Lipinski definition) is 6. The van der Waals surface area contributed by atoms with Crippen LogP contribution in [-0.4, -0.2) is 28.4 Å². The summed E-state index contributed by atoms with van der Waals surface area (Å²) in [6, 6.07) is 7.74. The second-order valence-electron chi connectivity index (χ2n) is 7.86. The van der Waals surface area contributed by atoms with E-state index in [9.17, 15) is 14.4 Å². The molecule has 2 aromatic heterocycles. The van der Waals surface area contributed by atoms with Crippen LogP contribution in [-0.2, 0) is 22.4 Å². The molecule has 156 valence electrons. The number of thiophene rings is 1. The van der Waals surface area contributed by atoms with Gasteiger partial charge in [0.25, 0.3) is 5.56 Å². The van der Waals surface area contributed by atoms with Gasteiger partial charge < -0.3 is 4.74 Å². The monoisotopic (exact) mass is 424 g/mol. The summed E-state index contributed by atoms with van der Waals surface area (Å²) in [5.41, 5.74) is 1.27. The van der Waals surface area contributed by atoms with Crippen molar-refractivity contribution in [2.45, 2.75) is 51.5 Å². The highest BCUT2D eigenvalue weighted by molar-refractivity contribution is 7.18. The number of carbonyl (C=O) groups excluding carboxylic acids is 2. The lowest BCUT2D eigenvalue weighted by molar-refractivity contribution is -0.141. The van der Waals surface area contributed by atoms with Gasteiger partial charge in [-0.2, -0.15) is 0 Å². The Bertz CT molecular complexity index is 1180. The Labute approximate surface area is 178 Å². The predicted molar refractivity (Wildman–Crippen MR) is 116 cm³/mol. The van der Waals surface area contributed by atoms with Crippen LogP contribution in [0.5, 0.6) is 0 Å². The third-order valence-electron chi connectivity index (χ3n) is 5.58. The summed E-state index contributed by atoms with van der Waals surface area (Å²) in [6.07, 6.45) is 2.61. The molecule has 0 amide bonds. The van der Waals surface area contributed by atoms with Crippen LogP contribution < -0.4 is 5.56 Å². The molecule has 1 aliphatic rings. The van der Waals surface area contributed by atoms with Gasteiger partial charge in [-0.15, -0.1) is 11.3 Å². The molecule has 0 radical (unpaired) electrons. The van der Waals surface area contributed by atoms with Gasteiger partial charge in [0.05, 0.1) is 18.9 Å². The Kier molecular flexibility index (Phi) is 5.56. The highest BCUT2D eigenvalue weighted by Gasteiger charge is 2.32. The number of Topliss-reactive ketones (excluding diaryl/α,β-unsaturated/α-hetero) is 1. The number of benzene rings is 1. The summed E-state index contributed by atoms with van der Waals surface area (Å²) in [6.45, 7) is 3.88. The largest absolute Gasteiger partial charge is 0.469 e. The van der Waals surface area contributed by atoms with E-state index in [4.69, 9.17) is 9.72 Å². The second kappa shape index (κ2) is 8.14. The summed E-state index contributed by atoms with van der Waals surface area (Å²) >= 11 is 1.57. The van der Waals surface area contributed by atoms with Crippen molar-refractivity contribution in [3.05, 3.63) is 62.5 Å². The molecule has 0 spiro atoms. The van der Waals surface area contributed by atoms with Crippen LogP contribution >= 0.6 is 11.3 Å². The van der Waals surface area contributed by atoms with Crippen molar-refractivity contribution < 1.29 is 14.3 Å². The summed E-state index contributed by atoms with van der Waals surface area (Å²) in [5.74, 6) is -0.409. The van der Waals surface area contributed by atoms with Gasteiger partial charge in [0.15, 0.2) is 5.78 Å². The third-order valence-corrected chi connectivity index (χ3v) is 6.76. The van der Waals surface area contributed by atoms with Crippen LogP contribution in [0.3, 0.4) is 0 Å². The first-order valence-electron chi connectivity index (χ1n) is 10.1. The van der Waals surface area contributed by atoms with E-state index in [0.29, 0.717) is 16.8 Å². The third kappa shape index (κ3) is 3.47. The standard InChI is InChI=1S/C23H24N2O4S/c1-13(2)21-24-22-19(15-10-7-11-17(15)30-22)23(28)25(21)16(12-18(26)29-3)20(27)14-8-5-4-6-9-14/h4-6,8-9,13,16H,7,10-12H2,1-3H3. The van der Waals surface area contributed by atoms with Crippen LogP contribution in [0.2, 0.25) is 0 Å². The minimum Gasteiger partial charge on any atom is -0.469 e. The van der Waals surface area contributed by atoms with Crippen molar-refractivity contribution >= 4 is 33.3 Å². The lowest BCUT2D eigenvalue weighted by Crippen LogP contribution is -2.35. The first kappa shape index (κ1) is 20.5. The molecule has 0 N–H and O–H groups in total. The fraction of sp³-hybridized carbons (Fsp3) is 0.391. The molecule has 6 nitrogen and oxygen atoms in total. The highest BCUT2D eigenvalue weighted by atomic mass is 32.1. The van der Waals surface area contributed by atoms with Crippen molar-refractivity contribution in [3.63, 3.8) is 0 Å². The number of carbonyl (C=O) groups is 2. The van der Waals surface area contributed by atoms with E-state index in [2.05, 4.69) is 0 Å². The molecule has 1 aliphatic carbocycles. The quantitative estimate of drug-likeness (QED) is 0.440. The first-order chi connectivity index (χ1) is 14.4. The van der Waals surface area contributed by atoms with Crippen molar-refractivity contribution in [3.8, 4) is 0 Å². The predicted octanol–water partition coefficient (Wildman–Crippen LogP) is 4.06. The molecule has 4 rings (SSSR count). The molecular formula is C23H24N2O4S. The van der Waals surface area contributed by atoms with Crippen LogP contribution in [0.4, 0.5) is 0 Å². The molecule has 0 saturated carbocycles. The highest BCUT2D eigenvalue weighted by Crippen LogP contribution is 2.36. The molecule has 1 atom stereocenters. The summed E-state index contributed by atoms with van der Waals surface area (Å²) in [4.78, 5) is 46.1. The Morgan fingerprint density at radius 1 is 1.20 bits per heavy atom. The maximum absolute atomic E-state index is 13.7. The van der Waals surface area contributed by atoms with E-state index in [1.165, 1.54) is 16.6 Å². The van der Waals surface area contributed by atoms with Gasteiger partial charge in [-0.25, -0.2) is 4.98 Å². The molecule has 30 heavy (non-hydrogen) atoms. The normalized spacial score (nSPS) is 14.1. The Morgan fingerprint density at radius 2 is 1.93 bits per heavy atom. The lowest BCUT2D eigenvalue weighted by atomic mass is 10.00. The topological polar surface area (TPSA) is 78.3 Å². The Hall–Kier alpha value is -2.80. The number of aryl methyl sites for hydroxylation is 2. The van der Waals surface area contributed by atoms with Gasteiger partial charge in [-0.05, 0) is 24.8 Å². The van der Waals surface area contributed by atoms with Crippen LogP contribution in [0.15, 0.2) is 35.1 Å². The zero-order chi connectivity index (χ0) is 21.4. The van der Waals surface area contributed by atoms with Crippen LogP contribution in [0.25, 0.3) is 10.2 Å². The number of nitrogens with zero attached hydrogens (tertiary/aromatic N) is 2. The second-order valence-corrected chi connectivity index (χ2v) is 8.95. The number of fused-ring (bicyclic) bond motifs is 3. The zero-order valence-corrected chi connectivity index (χ0v) is 18.1. The number of hydrogen-bond donors (Lipinski definition) is 0. The lowest BCUT2D eigenvalue weighted by Gasteiger charge is -2.23. The van der Waals surface area contributed by atoms with Gasteiger partial charge in [0.1, 0.15) is 16.7 Å². The maximum Gasteiger partial charge on any atom is 0.308 e. The van der Waals surface area contributed by atoms with Gasteiger partial charge in [0.2, 0.25) is 0 Å². The Morgan fingerprint density at radius 3 is 2.60 bits per heavy atom. The number of ether oxygens (including phenoxy) is 1. The van der Waals surface area contributed by atoms with Gasteiger partial charge in [-0.1, -0.05) is 44.2 Å². The minimum atomic E-state index is -1.00. The molecule has 0 bridgehead atoms. The fourth-order valence-electron chi connectivity index (χ4n) is 4.12. The Balaban J connectivity index is 1.97. The molecule has 0 saturated heterocycles. The van der Waals surface area contributed by atoms with Gasteiger partial charge in [-0.3, -0.25) is 19.0 Å². The molecule has 1 aromatic carbocycles. The van der Waals surface area contributed by atoms with Gasteiger partial charge in [0, 0.05) is 16.4 Å². The van der Waals surface area contributed by atoms with E-state index in [0.717, 1.165) is 29.7 Å². The average Bonchev–Trinajstić information content (AvgIpc) is 3.33. The van der Waals surface area contributed by atoms with E-state index in [1.807, 2.05) is 19.9 Å². The smallest absolute Gasteiger partial charge is 0.308 e. The SMILES string of the molecule is COC(=O)CC(C(=O)c1ccccc1)n1c(C(C)C)nc2sc3c(c2c1=O)CCC3. The zero-order valence-electron chi connectivity index (χ0n) is 17.3. The van der Waals surface area contributed by atoms with E-state index >= 15 is 0 Å². The van der Waals surface area contributed by atoms with Crippen LogP contribution in [0.1, 0.15) is 65.3 Å². The number of esters is 1. The first-order valence-corrected chi connectivity index (χ1v) is 11.0. The molecular weight excluding hydrogens is 400 g/mol. The van der Waals surface area contributed by atoms with Crippen LogP contribution in [0, 0.1) is 0 Å². The molecule has 3 aromatic rings. The number of methoxy groups -OCH3 is 1. The van der Waals surface area contributed by atoms with Crippen molar-refractivity contribution in [1.29, 1.82) is 0 Å². The summed E-state index contributed by atoms with van der Waals surface area (Å²) in [7, 11) is 1.28. The summed E-state index contributed by atoms with van der Waals surface area (Å²) < 4.78 is 6.30. The van der Waals surface area contributed by atoms with Crippen molar-refractivity contribution in [2.75, 3.05) is 7.11 Å². The fourth-order valence-corrected chi connectivity index (χ4v) is 5.38. The average molecular weight is 425 g/mol. The molecule has 0 fully saturated rings. The number of ketones is 1.